The van der Waals surface area contributed by atoms with Crippen LogP contribution in [0.5, 0.6) is 0 Å². The van der Waals surface area contributed by atoms with E-state index in [1.165, 1.54) is 75.0 Å². The Kier molecular flexibility index (Phi) is 6.96. The van der Waals surface area contributed by atoms with Crippen molar-refractivity contribution in [1.82, 2.24) is 15.1 Å². The van der Waals surface area contributed by atoms with E-state index in [2.05, 4.69) is 51.5 Å². The Bertz CT molecular complexity index is 790. The van der Waals surface area contributed by atoms with E-state index >= 15 is 0 Å². The van der Waals surface area contributed by atoms with Crippen molar-refractivity contribution >= 4 is 5.91 Å². The molecule has 0 aliphatic carbocycles. The van der Waals surface area contributed by atoms with E-state index in [4.69, 9.17) is 0 Å². The smallest absolute Gasteiger partial charge is 0.251 e. The molecule has 2 aromatic carbocycles. The molecule has 0 atom stereocenters. The number of carbonyl (C=O) groups excluding carboxylic acids is 1. The second kappa shape index (κ2) is 10.0. The van der Waals surface area contributed by atoms with Gasteiger partial charge in [-0.3, -0.25) is 14.6 Å². The zero-order valence-corrected chi connectivity index (χ0v) is 17.4. The third-order valence-corrected chi connectivity index (χ3v) is 6.22. The fourth-order valence-corrected chi connectivity index (χ4v) is 4.48. The van der Waals surface area contributed by atoms with Gasteiger partial charge in [-0.2, -0.15) is 0 Å². The number of nitrogens with zero attached hydrogens (tertiary/aromatic N) is 2. The number of amides is 1. The number of hydrogen-bond acceptors (Lipinski definition) is 3. The molecule has 0 saturated carbocycles. The van der Waals surface area contributed by atoms with Crippen LogP contribution in [0.15, 0.2) is 48.5 Å². The van der Waals surface area contributed by atoms with Crippen molar-refractivity contribution < 1.29 is 4.79 Å². The quantitative estimate of drug-likeness (QED) is 0.768. The molecule has 1 N–H and O–H groups in total. The summed E-state index contributed by atoms with van der Waals surface area (Å²) in [5, 5.41) is 3.12. The number of likely N-dealkylation sites (tertiary alicyclic amines) is 2. The largest absolute Gasteiger partial charge is 0.348 e. The van der Waals surface area contributed by atoms with E-state index in [1.807, 2.05) is 12.1 Å². The molecule has 4 nitrogen and oxygen atoms in total. The van der Waals surface area contributed by atoms with Gasteiger partial charge in [-0.1, -0.05) is 42.8 Å². The maximum atomic E-state index is 12.6. The van der Waals surface area contributed by atoms with Crippen LogP contribution < -0.4 is 5.32 Å². The molecule has 0 radical (unpaired) electrons. The van der Waals surface area contributed by atoms with Gasteiger partial charge in [0.05, 0.1) is 0 Å². The molecule has 154 valence electrons. The van der Waals surface area contributed by atoms with Gasteiger partial charge < -0.3 is 5.32 Å². The van der Waals surface area contributed by atoms with Crippen LogP contribution in [-0.2, 0) is 19.6 Å². The molecule has 0 bridgehead atoms. The Morgan fingerprint density at radius 3 is 2.00 bits per heavy atom. The molecule has 2 saturated heterocycles. The molecule has 1 amide bonds. The second-order valence-corrected chi connectivity index (χ2v) is 8.47. The Labute approximate surface area is 174 Å². The first-order valence-corrected chi connectivity index (χ1v) is 11.2. The molecule has 4 heteroatoms. The van der Waals surface area contributed by atoms with Crippen LogP contribution in [0.2, 0.25) is 0 Å². The summed E-state index contributed by atoms with van der Waals surface area (Å²) in [6.07, 6.45) is 6.56. The summed E-state index contributed by atoms with van der Waals surface area (Å²) in [6.45, 7) is 7.31. The van der Waals surface area contributed by atoms with Gasteiger partial charge in [0.2, 0.25) is 0 Å². The van der Waals surface area contributed by atoms with Crippen LogP contribution in [0.25, 0.3) is 0 Å². The zero-order valence-electron chi connectivity index (χ0n) is 17.4. The Balaban J connectivity index is 1.32. The average Bonchev–Trinajstić information content (AvgIpc) is 3.27. The molecule has 0 unspecified atom stereocenters. The molecule has 0 spiro atoms. The highest BCUT2D eigenvalue weighted by Crippen LogP contribution is 2.17. The minimum atomic E-state index is 0.00509. The predicted octanol–water partition coefficient (Wildman–Crippen LogP) is 4.20. The highest BCUT2D eigenvalue weighted by molar-refractivity contribution is 5.94. The Morgan fingerprint density at radius 1 is 0.724 bits per heavy atom. The highest BCUT2D eigenvalue weighted by Gasteiger charge is 2.14. The van der Waals surface area contributed by atoms with Gasteiger partial charge in [0.1, 0.15) is 0 Å². The predicted molar refractivity (Wildman–Crippen MR) is 118 cm³/mol. The van der Waals surface area contributed by atoms with Crippen LogP contribution in [0.1, 0.15) is 59.2 Å². The maximum Gasteiger partial charge on any atom is 0.251 e. The molecule has 0 aromatic heterocycles. The number of carbonyl (C=O) groups is 1. The van der Waals surface area contributed by atoms with E-state index in [0.29, 0.717) is 6.54 Å². The van der Waals surface area contributed by atoms with Crippen LogP contribution >= 0.6 is 0 Å². The van der Waals surface area contributed by atoms with Crippen molar-refractivity contribution in [1.29, 1.82) is 0 Å². The highest BCUT2D eigenvalue weighted by atomic mass is 16.1. The third-order valence-electron chi connectivity index (χ3n) is 6.22. The molecule has 2 aliphatic heterocycles. The number of nitrogens with one attached hydrogen (secondary N) is 1. The molecular formula is C25H33N3O. The number of piperidine rings is 1. The van der Waals surface area contributed by atoms with Crippen LogP contribution in [0, 0.1) is 0 Å². The Hall–Kier alpha value is -2.17. The standard InChI is InChI=1S/C25H33N3O/c29-25(22-12-10-21(11-13-22)19-27-16-6-7-17-27)26-18-23-8-2-3-9-24(23)20-28-14-4-1-5-15-28/h2-3,8-13H,1,4-7,14-20H2,(H,26,29). The van der Waals surface area contributed by atoms with E-state index < -0.39 is 0 Å². The van der Waals surface area contributed by atoms with Gasteiger partial charge in [0, 0.05) is 25.2 Å². The third kappa shape index (κ3) is 5.68. The van der Waals surface area contributed by atoms with Crippen molar-refractivity contribution in [2.45, 2.75) is 51.7 Å². The lowest BCUT2D eigenvalue weighted by atomic mass is 10.0. The van der Waals surface area contributed by atoms with Crippen LogP contribution in [0.3, 0.4) is 0 Å². The molecule has 2 aliphatic rings. The zero-order chi connectivity index (χ0) is 19.9. The van der Waals surface area contributed by atoms with Gasteiger partial charge in [0.15, 0.2) is 0 Å². The monoisotopic (exact) mass is 391 g/mol. The Morgan fingerprint density at radius 2 is 1.31 bits per heavy atom. The summed E-state index contributed by atoms with van der Waals surface area (Å²) in [5.74, 6) is 0.00509. The van der Waals surface area contributed by atoms with Crippen molar-refractivity contribution in [3.05, 3.63) is 70.8 Å². The van der Waals surface area contributed by atoms with E-state index in [0.717, 1.165) is 18.7 Å². The van der Waals surface area contributed by atoms with Gasteiger partial charge in [0.25, 0.3) is 5.91 Å². The average molecular weight is 392 g/mol. The number of hydrogen-bond donors (Lipinski definition) is 1. The first-order chi connectivity index (χ1) is 14.3. The van der Waals surface area contributed by atoms with Gasteiger partial charge in [-0.05, 0) is 80.7 Å². The van der Waals surface area contributed by atoms with Gasteiger partial charge in [-0.15, -0.1) is 0 Å². The lowest BCUT2D eigenvalue weighted by Gasteiger charge is -2.27. The summed E-state index contributed by atoms with van der Waals surface area (Å²) in [6, 6.07) is 16.6. The molecule has 2 heterocycles. The summed E-state index contributed by atoms with van der Waals surface area (Å²) in [7, 11) is 0. The molecule has 4 rings (SSSR count). The van der Waals surface area contributed by atoms with Crippen molar-refractivity contribution in [3.63, 3.8) is 0 Å². The summed E-state index contributed by atoms with van der Waals surface area (Å²) in [4.78, 5) is 17.7. The van der Waals surface area contributed by atoms with Crippen molar-refractivity contribution in [3.8, 4) is 0 Å². The SMILES string of the molecule is O=C(NCc1ccccc1CN1CCCCC1)c1ccc(CN2CCCC2)cc1. The van der Waals surface area contributed by atoms with Crippen LogP contribution in [-0.4, -0.2) is 41.9 Å². The molecule has 2 fully saturated rings. The molecular weight excluding hydrogens is 358 g/mol. The minimum Gasteiger partial charge on any atom is -0.348 e. The summed E-state index contributed by atoms with van der Waals surface area (Å²) >= 11 is 0. The lowest BCUT2D eigenvalue weighted by molar-refractivity contribution is 0.0950. The van der Waals surface area contributed by atoms with E-state index in [1.54, 1.807) is 0 Å². The van der Waals surface area contributed by atoms with E-state index in [9.17, 15) is 4.79 Å². The molecule has 2 aromatic rings. The van der Waals surface area contributed by atoms with E-state index in [-0.39, 0.29) is 5.91 Å². The second-order valence-electron chi connectivity index (χ2n) is 8.47. The number of rotatable bonds is 7. The molecule has 29 heavy (non-hydrogen) atoms. The normalized spacial score (nSPS) is 18.1. The summed E-state index contributed by atoms with van der Waals surface area (Å²) < 4.78 is 0. The van der Waals surface area contributed by atoms with Gasteiger partial charge in [-0.25, -0.2) is 0 Å². The van der Waals surface area contributed by atoms with Crippen molar-refractivity contribution in [2.24, 2.45) is 0 Å². The summed E-state index contributed by atoms with van der Waals surface area (Å²) in [5.41, 5.74) is 4.58. The van der Waals surface area contributed by atoms with Crippen molar-refractivity contribution in [2.75, 3.05) is 26.2 Å². The van der Waals surface area contributed by atoms with Crippen LogP contribution in [0.4, 0.5) is 0 Å². The topological polar surface area (TPSA) is 35.6 Å². The minimum absolute atomic E-state index is 0.00509. The number of benzene rings is 2. The first kappa shape index (κ1) is 20.1. The first-order valence-electron chi connectivity index (χ1n) is 11.2. The lowest BCUT2D eigenvalue weighted by Crippen LogP contribution is -2.30. The van der Waals surface area contributed by atoms with Gasteiger partial charge >= 0.3 is 0 Å². The fraction of sp³-hybridized carbons (Fsp3) is 0.480. The fourth-order valence-electron chi connectivity index (χ4n) is 4.48. The maximum absolute atomic E-state index is 12.6.